The molecule has 0 saturated heterocycles. The quantitative estimate of drug-likeness (QED) is 0.142. The summed E-state index contributed by atoms with van der Waals surface area (Å²) >= 11 is 0. The Morgan fingerprint density at radius 2 is 0.829 bits per heavy atom. The van der Waals surface area contributed by atoms with Gasteiger partial charge in [-0.3, -0.25) is 0 Å². The Kier molecular flexibility index (Phi) is 9.34. The highest BCUT2D eigenvalue weighted by molar-refractivity contribution is 6.27. The van der Waals surface area contributed by atoms with Gasteiger partial charge in [-0.2, -0.15) is 0 Å². The van der Waals surface area contributed by atoms with Crippen molar-refractivity contribution in [3.8, 4) is 11.1 Å². The Bertz CT molecular complexity index is 3680. The lowest BCUT2D eigenvalue weighted by Crippen LogP contribution is -2.27. The molecule has 13 rings (SSSR count). The van der Waals surface area contributed by atoms with Crippen LogP contribution >= 0.6 is 0 Å². The van der Waals surface area contributed by atoms with E-state index in [1.165, 1.54) is 55.7 Å². The van der Waals surface area contributed by atoms with Gasteiger partial charge in [-0.25, -0.2) is 0 Å². The Morgan fingerprint density at radius 3 is 1.24 bits per heavy atom. The van der Waals surface area contributed by atoms with Gasteiger partial charge in [-0.05, 0) is 152 Å². The van der Waals surface area contributed by atoms with E-state index in [0.717, 1.165) is 89.1 Å². The van der Waals surface area contributed by atoms with Gasteiger partial charge in [-0.15, -0.1) is 0 Å². The van der Waals surface area contributed by atoms with Gasteiger partial charge in [0.1, 0.15) is 11.2 Å². The first-order valence-electron chi connectivity index (χ1n) is 24.2. The average Bonchev–Trinajstić information content (AvgIpc) is 4.12. The predicted molar refractivity (Wildman–Crippen MR) is 293 cm³/mol. The number of furan rings is 2. The molecule has 0 unspecified atom stereocenters. The number of benzene rings is 9. The smallest absolute Gasteiger partial charge is 0.160 e. The molecule has 0 saturated carbocycles. The van der Waals surface area contributed by atoms with Crippen LogP contribution in [-0.4, -0.2) is 0 Å². The van der Waals surface area contributed by atoms with E-state index >= 15 is 0 Å². The summed E-state index contributed by atoms with van der Waals surface area (Å²) in [7, 11) is 0. The summed E-state index contributed by atoms with van der Waals surface area (Å²) in [6.07, 6.45) is 6.32. The lowest BCUT2D eigenvalue weighted by Gasteiger charge is -2.34. The second-order valence-corrected chi connectivity index (χ2v) is 19.2. The Balaban J connectivity index is 1.27. The van der Waals surface area contributed by atoms with E-state index in [4.69, 9.17) is 8.83 Å². The summed E-state index contributed by atoms with van der Waals surface area (Å²) in [5.74, 6) is 0. The van der Waals surface area contributed by atoms with E-state index in [-0.39, 0.29) is 0 Å². The van der Waals surface area contributed by atoms with Crippen LogP contribution in [0, 0.1) is 27.7 Å². The monoisotopic (exact) mass is 902 g/mol. The lowest BCUT2D eigenvalue weighted by molar-refractivity contribution is 0.668. The number of nitrogens with zero attached hydrogens (tertiary/aromatic N) is 2. The van der Waals surface area contributed by atoms with Crippen molar-refractivity contribution in [3.63, 3.8) is 0 Å². The molecule has 0 N–H and O–H groups in total. The largest absolute Gasteiger partial charge is 0.454 e. The van der Waals surface area contributed by atoms with Crippen LogP contribution in [0.15, 0.2) is 221 Å². The number of allylic oxidation sites excluding steroid dienone is 5. The summed E-state index contributed by atoms with van der Waals surface area (Å²) in [6, 6.07) is 66.5. The summed E-state index contributed by atoms with van der Waals surface area (Å²) in [4.78, 5) is 4.78. The first kappa shape index (κ1) is 41.6. The SMILES string of the molecule is C=C/C=C\C1=C(C)c2ccccc2C12c1cc(N(c3ccc(C)cc3)c3ccc(C)cc3)c3oc4ccccc4c3c1-c1c2cc(N(c2ccc(C)cc2)c2ccc(C)cc2)c2oc3ccccc3c12. The van der Waals surface area contributed by atoms with Gasteiger partial charge in [0.15, 0.2) is 11.2 Å². The van der Waals surface area contributed by atoms with Gasteiger partial charge in [0.2, 0.25) is 0 Å². The molecule has 0 atom stereocenters. The molecule has 0 bridgehead atoms. The van der Waals surface area contributed by atoms with Gasteiger partial charge >= 0.3 is 0 Å². The Hall–Kier alpha value is -8.60. The molecule has 2 heterocycles. The maximum absolute atomic E-state index is 7.29. The zero-order chi connectivity index (χ0) is 47.4. The summed E-state index contributed by atoms with van der Waals surface area (Å²) < 4.78 is 14.6. The van der Waals surface area contributed by atoms with Crippen LogP contribution in [0.3, 0.4) is 0 Å². The zero-order valence-corrected chi connectivity index (χ0v) is 40.0. The van der Waals surface area contributed by atoms with Gasteiger partial charge in [0, 0.05) is 44.3 Å². The fourth-order valence-corrected chi connectivity index (χ4v) is 11.7. The van der Waals surface area contributed by atoms with Crippen molar-refractivity contribution in [3.05, 3.63) is 257 Å². The third-order valence-electron chi connectivity index (χ3n) is 14.9. The van der Waals surface area contributed by atoms with Crippen molar-refractivity contribution in [2.24, 2.45) is 0 Å². The number of aryl methyl sites for hydroxylation is 4. The molecular formula is C66H50N2O2. The number of hydrogen-bond donors (Lipinski definition) is 0. The van der Waals surface area contributed by atoms with Crippen molar-refractivity contribution >= 4 is 83.6 Å². The molecule has 70 heavy (non-hydrogen) atoms. The van der Waals surface area contributed by atoms with Crippen LogP contribution in [0.5, 0.6) is 0 Å². The van der Waals surface area contributed by atoms with Crippen molar-refractivity contribution in [1.29, 1.82) is 0 Å². The van der Waals surface area contributed by atoms with Crippen LogP contribution in [0.2, 0.25) is 0 Å². The summed E-state index contributed by atoms with van der Waals surface area (Å²) in [5.41, 5.74) is 23.0. The van der Waals surface area contributed by atoms with Gasteiger partial charge in [0.05, 0.1) is 16.8 Å². The van der Waals surface area contributed by atoms with Crippen molar-refractivity contribution in [2.75, 3.05) is 9.80 Å². The van der Waals surface area contributed by atoms with E-state index in [2.05, 4.69) is 245 Å². The Morgan fingerprint density at radius 1 is 0.443 bits per heavy atom. The molecule has 2 aliphatic carbocycles. The Labute approximate surface area is 408 Å². The lowest BCUT2D eigenvalue weighted by atomic mass is 9.69. The number of hydrogen-bond acceptors (Lipinski definition) is 4. The number of anilines is 6. The standard InChI is InChI=1S/C66H50N2O2/c1-7-8-18-52-44(6)49-15-9-12-19-53(49)66(52)54-38-56(67(45-30-22-40(2)23-31-45)46-32-24-41(3)25-33-46)64-60(50-16-10-13-20-58(50)69-64)62(54)63-55(66)39-57(65-61(63)51-17-11-14-21-59(51)70-65)68(47-34-26-42(4)27-35-47)48-36-28-43(5)29-37-48/h7-39H,1H2,2-6H3/b18-8-. The molecular weight excluding hydrogens is 853 g/mol. The van der Waals surface area contributed by atoms with Crippen molar-refractivity contribution < 1.29 is 8.83 Å². The topological polar surface area (TPSA) is 32.8 Å². The molecule has 0 radical (unpaired) electrons. The van der Waals surface area contributed by atoms with Gasteiger partial charge in [0.25, 0.3) is 0 Å². The first-order chi connectivity index (χ1) is 34.2. The second-order valence-electron chi connectivity index (χ2n) is 19.2. The van der Waals surface area contributed by atoms with Crippen molar-refractivity contribution in [2.45, 2.75) is 40.0 Å². The molecule has 2 aromatic heterocycles. The predicted octanol–water partition coefficient (Wildman–Crippen LogP) is 18.5. The fraction of sp³-hybridized carbons (Fsp3) is 0.0909. The summed E-state index contributed by atoms with van der Waals surface area (Å²) in [5, 5.41) is 4.28. The van der Waals surface area contributed by atoms with E-state index in [9.17, 15) is 0 Å². The highest BCUT2D eigenvalue weighted by Crippen LogP contribution is 2.68. The molecule has 0 amide bonds. The highest BCUT2D eigenvalue weighted by Gasteiger charge is 2.54. The van der Waals surface area contributed by atoms with E-state index in [1.807, 2.05) is 6.08 Å². The van der Waals surface area contributed by atoms with E-state index < -0.39 is 5.41 Å². The minimum absolute atomic E-state index is 0.800. The van der Waals surface area contributed by atoms with E-state index in [0.29, 0.717) is 0 Å². The third kappa shape index (κ3) is 5.96. The molecule has 336 valence electrons. The average molecular weight is 903 g/mol. The van der Waals surface area contributed by atoms with E-state index in [1.54, 1.807) is 0 Å². The summed E-state index contributed by atoms with van der Waals surface area (Å²) in [6.45, 7) is 15.1. The maximum atomic E-state index is 7.29. The van der Waals surface area contributed by atoms with Crippen LogP contribution < -0.4 is 9.80 Å². The molecule has 1 spiro atoms. The molecule has 4 nitrogen and oxygen atoms in total. The first-order valence-corrected chi connectivity index (χ1v) is 24.2. The molecule has 0 fully saturated rings. The fourth-order valence-electron chi connectivity index (χ4n) is 11.7. The molecule has 11 aromatic rings. The normalized spacial score (nSPS) is 13.6. The van der Waals surface area contributed by atoms with Gasteiger partial charge in [-0.1, -0.05) is 156 Å². The number of fused-ring (bicyclic) bond motifs is 15. The van der Waals surface area contributed by atoms with Crippen LogP contribution in [0.25, 0.3) is 60.6 Å². The number of para-hydroxylation sites is 2. The molecule has 0 aliphatic heterocycles. The van der Waals surface area contributed by atoms with Gasteiger partial charge < -0.3 is 18.6 Å². The van der Waals surface area contributed by atoms with Crippen LogP contribution in [0.1, 0.15) is 51.4 Å². The van der Waals surface area contributed by atoms with Crippen molar-refractivity contribution in [1.82, 2.24) is 0 Å². The molecule has 2 aliphatic rings. The zero-order valence-electron chi connectivity index (χ0n) is 40.0. The van der Waals surface area contributed by atoms with Crippen LogP contribution in [-0.2, 0) is 5.41 Å². The maximum Gasteiger partial charge on any atom is 0.160 e. The third-order valence-corrected chi connectivity index (χ3v) is 14.9. The number of rotatable bonds is 8. The minimum atomic E-state index is -0.800. The minimum Gasteiger partial charge on any atom is -0.454 e. The second kappa shape index (κ2) is 15.7. The van der Waals surface area contributed by atoms with Crippen LogP contribution in [0.4, 0.5) is 34.1 Å². The highest BCUT2D eigenvalue weighted by atomic mass is 16.3. The molecule has 9 aromatic carbocycles. The molecule has 4 heteroatoms.